The molecule has 0 aliphatic rings. The summed E-state index contributed by atoms with van der Waals surface area (Å²) >= 11 is 0. The molecule has 3 nitrogen and oxygen atoms in total. The Balaban J connectivity index is 2.20. The van der Waals surface area contributed by atoms with Gasteiger partial charge in [0.25, 0.3) is 0 Å². The number of methoxy groups -OCH3 is 1. The Morgan fingerprint density at radius 2 is 1.80 bits per heavy atom. The van der Waals surface area contributed by atoms with E-state index < -0.39 is 0 Å². The third-order valence-electron chi connectivity index (χ3n) is 3.82. The van der Waals surface area contributed by atoms with E-state index in [0.717, 1.165) is 25.4 Å². The first-order valence-electron chi connectivity index (χ1n) is 7.78. The van der Waals surface area contributed by atoms with E-state index in [1.54, 1.807) is 7.11 Å². The summed E-state index contributed by atoms with van der Waals surface area (Å²) in [5.74, 6) is 0.918. The number of ether oxygens (including phenoxy) is 1. The van der Waals surface area contributed by atoms with Crippen LogP contribution < -0.4 is 10.1 Å². The lowest BCUT2D eigenvalue weighted by Gasteiger charge is -2.19. The Morgan fingerprint density at radius 1 is 1.15 bits per heavy atom. The molecule has 1 N–H and O–H groups in total. The molecular formula is C17H30N2O. The van der Waals surface area contributed by atoms with Crippen LogP contribution in [0, 0.1) is 0 Å². The molecule has 20 heavy (non-hydrogen) atoms. The zero-order valence-electron chi connectivity index (χ0n) is 13.5. The van der Waals surface area contributed by atoms with Crippen molar-refractivity contribution in [2.75, 3.05) is 26.7 Å². The topological polar surface area (TPSA) is 24.5 Å². The molecule has 0 unspecified atom stereocenters. The van der Waals surface area contributed by atoms with Crippen molar-refractivity contribution in [2.24, 2.45) is 0 Å². The van der Waals surface area contributed by atoms with E-state index in [9.17, 15) is 0 Å². The largest absolute Gasteiger partial charge is 0.497 e. The van der Waals surface area contributed by atoms with Gasteiger partial charge in [-0.1, -0.05) is 26.0 Å². The zero-order chi connectivity index (χ0) is 14.8. The molecule has 114 valence electrons. The second-order valence-corrected chi connectivity index (χ2v) is 5.30. The maximum Gasteiger partial charge on any atom is 0.118 e. The van der Waals surface area contributed by atoms with Gasteiger partial charge in [-0.3, -0.25) is 0 Å². The summed E-state index contributed by atoms with van der Waals surface area (Å²) in [4.78, 5) is 2.48. The molecular weight excluding hydrogens is 248 g/mol. The molecule has 0 fully saturated rings. The molecule has 0 saturated carbocycles. The van der Waals surface area contributed by atoms with Crippen molar-refractivity contribution in [2.45, 2.75) is 46.2 Å². The fraction of sp³-hybridized carbons (Fsp3) is 0.647. The van der Waals surface area contributed by atoms with Gasteiger partial charge in [0.2, 0.25) is 0 Å². The summed E-state index contributed by atoms with van der Waals surface area (Å²) in [5.41, 5.74) is 1.31. The highest BCUT2D eigenvalue weighted by Crippen LogP contribution is 2.11. The van der Waals surface area contributed by atoms with Crippen LogP contribution in [-0.2, 0) is 6.54 Å². The maximum atomic E-state index is 5.17. The minimum atomic E-state index is 0.563. The number of benzene rings is 1. The van der Waals surface area contributed by atoms with Gasteiger partial charge in [-0.25, -0.2) is 0 Å². The smallest absolute Gasteiger partial charge is 0.118 e. The van der Waals surface area contributed by atoms with E-state index in [1.165, 1.54) is 24.9 Å². The van der Waals surface area contributed by atoms with Crippen molar-refractivity contribution >= 4 is 0 Å². The van der Waals surface area contributed by atoms with Crippen LogP contribution in [0.3, 0.4) is 0 Å². The highest BCUT2D eigenvalue weighted by Gasteiger charge is 2.04. The minimum Gasteiger partial charge on any atom is -0.497 e. The highest BCUT2D eigenvalue weighted by atomic mass is 16.5. The van der Waals surface area contributed by atoms with Crippen LogP contribution in [0.1, 0.15) is 39.2 Å². The quantitative estimate of drug-likeness (QED) is 0.711. The molecule has 0 spiro atoms. The Morgan fingerprint density at radius 3 is 2.35 bits per heavy atom. The first kappa shape index (κ1) is 17.0. The molecule has 1 rings (SSSR count). The average Bonchev–Trinajstić information content (AvgIpc) is 2.50. The Hall–Kier alpha value is -1.06. The van der Waals surface area contributed by atoms with Gasteiger partial charge < -0.3 is 15.0 Å². The Labute approximate surface area is 124 Å². The number of hydrogen-bond acceptors (Lipinski definition) is 3. The molecule has 0 bridgehead atoms. The number of nitrogens with zero attached hydrogens (tertiary/aromatic N) is 1. The molecule has 0 aliphatic carbocycles. The van der Waals surface area contributed by atoms with Crippen molar-refractivity contribution in [3.05, 3.63) is 29.8 Å². The van der Waals surface area contributed by atoms with Gasteiger partial charge in [0.15, 0.2) is 0 Å². The monoisotopic (exact) mass is 278 g/mol. The SMILES string of the molecule is CCN(CC)CCC[C@@H](C)NCc1ccc(OC)cc1. The molecule has 0 amide bonds. The van der Waals surface area contributed by atoms with Crippen molar-refractivity contribution in [1.82, 2.24) is 10.2 Å². The predicted molar refractivity (Wildman–Crippen MR) is 86.3 cm³/mol. The van der Waals surface area contributed by atoms with E-state index in [2.05, 4.69) is 43.1 Å². The summed E-state index contributed by atoms with van der Waals surface area (Å²) < 4.78 is 5.17. The predicted octanol–water partition coefficient (Wildman–Crippen LogP) is 3.30. The molecule has 0 radical (unpaired) electrons. The van der Waals surface area contributed by atoms with Gasteiger partial charge in [-0.05, 0) is 57.1 Å². The van der Waals surface area contributed by atoms with Crippen molar-refractivity contribution in [3.63, 3.8) is 0 Å². The molecule has 0 saturated heterocycles. The van der Waals surface area contributed by atoms with E-state index in [-0.39, 0.29) is 0 Å². The molecule has 0 aliphatic heterocycles. The van der Waals surface area contributed by atoms with E-state index in [4.69, 9.17) is 4.74 Å². The van der Waals surface area contributed by atoms with Gasteiger partial charge in [-0.15, -0.1) is 0 Å². The summed E-state index contributed by atoms with van der Waals surface area (Å²) in [6.45, 7) is 11.2. The first-order chi connectivity index (χ1) is 9.69. The van der Waals surface area contributed by atoms with Crippen LogP contribution in [0.4, 0.5) is 0 Å². The zero-order valence-corrected chi connectivity index (χ0v) is 13.5. The lowest BCUT2D eigenvalue weighted by atomic mass is 10.1. The summed E-state index contributed by atoms with van der Waals surface area (Å²) in [5, 5.41) is 3.59. The number of rotatable bonds is 10. The van der Waals surface area contributed by atoms with Crippen LogP contribution in [0.5, 0.6) is 5.75 Å². The summed E-state index contributed by atoms with van der Waals surface area (Å²) in [6, 6.07) is 8.83. The van der Waals surface area contributed by atoms with Gasteiger partial charge in [0.1, 0.15) is 5.75 Å². The van der Waals surface area contributed by atoms with E-state index >= 15 is 0 Å². The van der Waals surface area contributed by atoms with Crippen LogP contribution in [0.2, 0.25) is 0 Å². The molecule has 3 heteroatoms. The normalized spacial score (nSPS) is 12.7. The number of hydrogen-bond donors (Lipinski definition) is 1. The van der Waals surface area contributed by atoms with E-state index in [0.29, 0.717) is 6.04 Å². The lowest BCUT2D eigenvalue weighted by Crippen LogP contribution is -2.28. The molecule has 0 aromatic heterocycles. The first-order valence-corrected chi connectivity index (χ1v) is 7.78. The van der Waals surface area contributed by atoms with Crippen LogP contribution >= 0.6 is 0 Å². The van der Waals surface area contributed by atoms with E-state index in [1.807, 2.05) is 12.1 Å². The van der Waals surface area contributed by atoms with Crippen LogP contribution in [0.25, 0.3) is 0 Å². The fourth-order valence-corrected chi connectivity index (χ4v) is 2.30. The third kappa shape index (κ3) is 6.40. The van der Waals surface area contributed by atoms with Crippen molar-refractivity contribution in [1.29, 1.82) is 0 Å². The highest BCUT2D eigenvalue weighted by molar-refractivity contribution is 5.27. The summed E-state index contributed by atoms with van der Waals surface area (Å²) in [6.07, 6.45) is 2.49. The van der Waals surface area contributed by atoms with Crippen molar-refractivity contribution < 1.29 is 4.74 Å². The number of nitrogens with one attached hydrogen (secondary N) is 1. The molecule has 1 aromatic rings. The maximum absolute atomic E-state index is 5.17. The standard InChI is InChI=1S/C17H30N2O/c1-5-19(6-2)13-7-8-15(3)18-14-16-9-11-17(20-4)12-10-16/h9-12,15,18H,5-8,13-14H2,1-4H3/t15-/m1/s1. The lowest BCUT2D eigenvalue weighted by molar-refractivity contribution is 0.290. The second-order valence-electron chi connectivity index (χ2n) is 5.30. The molecule has 0 heterocycles. The van der Waals surface area contributed by atoms with Crippen LogP contribution in [-0.4, -0.2) is 37.7 Å². The van der Waals surface area contributed by atoms with Gasteiger partial charge in [-0.2, -0.15) is 0 Å². The third-order valence-corrected chi connectivity index (χ3v) is 3.82. The second kappa shape index (κ2) is 9.78. The van der Waals surface area contributed by atoms with Gasteiger partial charge in [0.05, 0.1) is 7.11 Å². The Kier molecular flexibility index (Phi) is 8.31. The molecule has 1 aromatic carbocycles. The average molecular weight is 278 g/mol. The van der Waals surface area contributed by atoms with Gasteiger partial charge >= 0.3 is 0 Å². The minimum absolute atomic E-state index is 0.563. The molecule has 1 atom stereocenters. The van der Waals surface area contributed by atoms with Crippen molar-refractivity contribution in [3.8, 4) is 5.75 Å². The fourth-order valence-electron chi connectivity index (χ4n) is 2.30. The van der Waals surface area contributed by atoms with Gasteiger partial charge in [0, 0.05) is 12.6 Å². The Bertz CT molecular complexity index is 347. The summed E-state index contributed by atoms with van der Waals surface area (Å²) in [7, 11) is 1.70. The van der Waals surface area contributed by atoms with Crippen LogP contribution in [0.15, 0.2) is 24.3 Å².